The fraction of sp³-hybridized carbons (Fsp3) is 0.417. The van der Waals surface area contributed by atoms with Crippen molar-refractivity contribution < 1.29 is 4.74 Å². The molecule has 1 aromatic carbocycles. The van der Waals surface area contributed by atoms with Crippen molar-refractivity contribution >= 4 is 45.8 Å². The number of ether oxygens (including phenoxy) is 1. The Balaban J connectivity index is 2.40. The molecular formula is C12H15IN2OS. The SMILES string of the molecule is COCC(C)Cn1c(=S)[nH]c2cc(I)ccc21. The highest BCUT2D eigenvalue weighted by Crippen LogP contribution is 2.18. The van der Waals surface area contributed by atoms with Gasteiger partial charge in [-0.2, -0.15) is 0 Å². The van der Waals surface area contributed by atoms with Gasteiger partial charge >= 0.3 is 0 Å². The first-order valence-electron chi connectivity index (χ1n) is 5.49. The first-order valence-corrected chi connectivity index (χ1v) is 6.97. The maximum absolute atomic E-state index is 5.36. The lowest BCUT2D eigenvalue weighted by Crippen LogP contribution is -2.12. The van der Waals surface area contributed by atoms with Crippen LogP contribution < -0.4 is 0 Å². The number of hydrogen-bond donors (Lipinski definition) is 1. The molecule has 0 bridgehead atoms. The molecule has 0 aliphatic rings. The van der Waals surface area contributed by atoms with E-state index in [2.05, 4.69) is 57.3 Å². The third-order valence-corrected chi connectivity index (χ3v) is 3.68. The van der Waals surface area contributed by atoms with Crippen molar-refractivity contribution in [2.45, 2.75) is 13.5 Å². The minimum Gasteiger partial charge on any atom is -0.384 e. The number of nitrogens with one attached hydrogen (secondary N) is 1. The Morgan fingerprint density at radius 1 is 1.53 bits per heavy atom. The smallest absolute Gasteiger partial charge is 0.178 e. The summed E-state index contributed by atoms with van der Waals surface area (Å²) in [6.45, 7) is 3.79. The van der Waals surface area contributed by atoms with E-state index in [1.807, 2.05) is 0 Å². The number of rotatable bonds is 4. The predicted molar refractivity (Wildman–Crippen MR) is 80.9 cm³/mol. The molecule has 1 heterocycles. The van der Waals surface area contributed by atoms with Crippen LogP contribution in [0.2, 0.25) is 0 Å². The van der Waals surface area contributed by atoms with Crippen LogP contribution in [0.3, 0.4) is 0 Å². The van der Waals surface area contributed by atoms with Gasteiger partial charge in [0.2, 0.25) is 0 Å². The van der Waals surface area contributed by atoms with Crippen LogP contribution in [0.15, 0.2) is 18.2 Å². The van der Waals surface area contributed by atoms with Crippen LogP contribution in [0.5, 0.6) is 0 Å². The second-order valence-electron chi connectivity index (χ2n) is 4.26. The number of halogens is 1. The van der Waals surface area contributed by atoms with Crippen molar-refractivity contribution in [2.75, 3.05) is 13.7 Å². The number of imidazole rings is 1. The minimum absolute atomic E-state index is 0.449. The normalized spacial score (nSPS) is 13.1. The number of hydrogen-bond acceptors (Lipinski definition) is 2. The number of aromatic nitrogens is 2. The summed E-state index contributed by atoms with van der Waals surface area (Å²) in [6, 6.07) is 6.33. The number of methoxy groups -OCH3 is 1. The zero-order valence-corrected chi connectivity index (χ0v) is 12.8. The van der Waals surface area contributed by atoms with Gasteiger partial charge in [-0.1, -0.05) is 6.92 Å². The van der Waals surface area contributed by atoms with Crippen molar-refractivity contribution in [1.29, 1.82) is 0 Å². The van der Waals surface area contributed by atoms with Gasteiger partial charge in [-0.05, 0) is 58.9 Å². The number of fused-ring (bicyclic) bond motifs is 1. The van der Waals surface area contributed by atoms with E-state index in [0.717, 1.165) is 23.4 Å². The molecule has 2 aromatic rings. The van der Waals surface area contributed by atoms with Gasteiger partial charge in [0, 0.05) is 17.2 Å². The van der Waals surface area contributed by atoms with Gasteiger partial charge < -0.3 is 14.3 Å². The second kappa shape index (κ2) is 5.49. The Morgan fingerprint density at radius 2 is 2.29 bits per heavy atom. The van der Waals surface area contributed by atoms with Crippen LogP contribution in [0, 0.1) is 14.3 Å². The topological polar surface area (TPSA) is 29.9 Å². The van der Waals surface area contributed by atoms with E-state index in [4.69, 9.17) is 17.0 Å². The van der Waals surface area contributed by atoms with Gasteiger partial charge in [0.25, 0.3) is 0 Å². The molecule has 0 spiro atoms. The van der Waals surface area contributed by atoms with Crippen molar-refractivity contribution in [2.24, 2.45) is 5.92 Å². The molecule has 0 aliphatic heterocycles. The van der Waals surface area contributed by atoms with Crippen LogP contribution in [0.4, 0.5) is 0 Å². The lowest BCUT2D eigenvalue weighted by molar-refractivity contribution is 0.152. The summed E-state index contributed by atoms with van der Waals surface area (Å²) in [6.07, 6.45) is 0. The molecule has 3 nitrogen and oxygen atoms in total. The number of aromatic amines is 1. The lowest BCUT2D eigenvalue weighted by Gasteiger charge is -2.11. The van der Waals surface area contributed by atoms with Crippen LogP contribution in [-0.4, -0.2) is 23.3 Å². The summed E-state index contributed by atoms with van der Waals surface area (Å²) in [5.41, 5.74) is 2.27. The maximum Gasteiger partial charge on any atom is 0.178 e. The Labute approximate surface area is 119 Å². The largest absolute Gasteiger partial charge is 0.384 e. The minimum atomic E-state index is 0.449. The Bertz CT molecular complexity index is 575. The first kappa shape index (κ1) is 13.0. The molecule has 1 aromatic heterocycles. The van der Waals surface area contributed by atoms with Gasteiger partial charge in [-0.15, -0.1) is 0 Å². The van der Waals surface area contributed by atoms with Crippen LogP contribution in [0.25, 0.3) is 11.0 Å². The zero-order chi connectivity index (χ0) is 12.4. The molecule has 0 radical (unpaired) electrons. The van der Waals surface area contributed by atoms with E-state index < -0.39 is 0 Å². The predicted octanol–water partition coefficient (Wildman–Crippen LogP) is 3.59. The summed E-state index contributed by atoms with van der Waals surface area (Å²) < 4.78 is 9.30. The van der Waals surface area contributed by atoms with Crippen molar-refractivity contribution in [3.8, 4) is 0 Å². The average Bonchev–Trinajstić information content (AvgIpc) is 2.55. The van der Waals surface area contributed by atoms with Crippen LogP contribution >= 0.6 is 34.8 Å². The average molecular weight is 362 g/mol. The van der Waals surface area contributed by atoms with Crippen molar-refractivity contribution in [3.63, 3.8) is 0 Å². The first-order chi connectivity index (χ1) is 8.11. The van der Waals surface area contributed by atoms with E-state index >= 15 is 0 Å². The quantitative estimate of drug-likeness (QED) is 0.666. The molecule has 1 atom stereocenters. The molecule has 0 amide bonds. The number of benzene rings is 1. The summed E-state index contributed by atoms with van der Waals surface area (Å²) in [5, 5.41) is 0. The van der Waals surface area contributed by atoms with Crippen LogP contribution in [0.1, 0.15) is 6.92 Å². The number of H-pyrrole nitrogens is 1. The highest BCUT2D eigenvalue weighted by molar-refractivity contribution is 14.1. The van der Waals surface area contributed by atoms with E-state index in [0.29, 0.717) is 5.92 Å². The fourth-order valence-corrected chi connectivity index (χ4v) is 2.74. The standard InChI is InChI=1S/C12H15IN2OS/c1-8(7-16-2)6-15-11-4-3-9(13)5-10(11)14-12(15)17/h3-5,8H,6-7H2,1-2H3,(H,14,17). The fourth-order valence-electron chi connectivity index (χ4n) is 1.97. The van der Waals surface area contributed by atoms with E-state index in [9.17, 15) is 0 Å². The zero-order valence-electron chi connectivity index (χ0n) is 9.87. The molecule has 0 saturated carbocycles. The van der Waals surface area contributed by atoms with Crippen molar-refractivity contribution in [1.82, 2.24) is 9.55 Å². The van der Waals surface area contributed by atoms with E-state index in [1.54, 1.807) is 7.11 Å². The highest BCUT2D eigenvalue weighted by atomic mass is 127. The van der Waals surface area contributed by atoms with Gasteiger partial charge in [-0.25, -0.2) is 0 Å². The summed E-state index contributed by atoms with van der Waals surface area (Å²) in [5.74, 6) is 0.449. The Hall–Kier alpha value is -0.400. The van der Waals surface area contributed by atoms with Gasteiger partial charge in [0.1, 0.15) is 0 Å². The van der Waals surface area contributed by atoms with E-state index in [1.165, 1.54) is 9.09 Å². The molecule has 1 unspecified atom stereocenters. The van der Waals surface area contributed by atoms with E-state index in [-0.39, 0.29) is 0 Å². The molecule has 92 valence electrons. The summed E-state index contributed by atoms with van der Waals surface area (Å²) >= 11 is 7.67. The molecule has 2 rings (SSSR count). The van der Waals surface area contributed by atoms with Gasteiger partial charge in [0.05, 0.1) is 17.6 Å². The summed E-state index contributed by atoms with van der Waals surface area (Å²) in [7, 11) is 1.73. The monoisotopic (exact) mass is 362 g/mol. The maximum atomic E-state index is 5.36. The molecule has 5 heteroatoms. The molecular weight excluding hydrogens is 347 g/mol. The number of nitrogens with zero attached hydrogens (tertiary/aromatic N) is 1. The van der Waals surface area contributed by atoms with Crippen molar-refractivity contribution in [3.05, 3.63) is 26.5 Å². The summed E-state index contributed by atoms with van der Waals surface area (Å²) in [4.78, 5) is 3.25. The highest BCUT2D eigenvalue weighted by Gasteiger charge is 2.08. The third kappa shape index (κ3) is 2.89. The van der Waals surface area contributed by atoms with Crippen LogP contribution in [-0.2, 0) is 11.3 Å². The molecule has 0 fully saturated rings. The van der Waals surface area contributed by atoms with Gasteiger partial charge in [-0.3, -0.25) is 0 Å². The Morgan fingerprint density at radius 3 is 3.00 bits per heavy atom. The molecule has 0 aliphatic carbocycles. The Kier molecular flexibility index (Phi) is 4.22. The molecule has 1 N–H and O–H groups in total. The second-order valence-corrected chi connectivity index (χ2v) is 5.90. The lowest BCUT2D eigenvalue weighted by atomic mass is 10.2. The van der Waals surface area contributed by atoms with Gasteiger partial charge in [0.15, 0.2) is 4.77 Å². The molecule has 0 saturated heterocycles. The third-order valence-electron chi connectivity index (χ3n) is 2.68. The molecule has 17 heavy (non-hydrogen) atoms.